The number of pyridine rings is 2. The third kappa shape index (κ3) is 3.38. The number of fused-ring (bicyclic) bond motifs is 1. The first-order valence-electron chi connectivity index (χ1n) is 9.16. The fourth-order valence-electron chi connectivity index (χ4n) is 3.10. The van der Waals surface area contributed by atoms with Crippen LogP contribution < -0.4 is 5.32 Å². The van der Waals surface area contributed by atoms with Gasteiger partial charge in [0.2, 0.25) is 0 Å². The average molecular weight is 375 g/mol. The van der Waals surface area contributed by atoms with Crippen molar-refractivity contribution in [3.63, 3.8) is 0 Å². The molecule has 7 heteroatoms. The molecule has 28 heavy (non-hydrogen) atoms. The van der Waals surface area contributed by atoms with E-state index in [9.17, 15) is 4.79 Å². The summed E-state index contributed by atoms with van der Waals surface area (Å²) >= 11 is 0. The molecule has 0 aliphatic rings. The van der Waals surface area contributed by atoms with E-state index in [-0.39, 0.29) is 11.9 Å². The van der Waals surface area contributed by atoms with Crippen LogP contribution in [0.1, 0.15) is 41.6 Å². The third-order valence-corrected chi connectivity index (χ3v) is 4.45. The zero-order valence-electron chi connectivity index (χ0n) is 16.0. The SMILES string of the molecule is Cc1cccc(CNC(=O)c2cc(-c3ccco3)nc3c2cnn3C(C)C)n1. The summed E-state index contributed by atoms with van der Waals surface area (Å²) in [5, 5.41) is 8.08. The van der Waals surface area contributed by atoms with E-state index in [1.807, 2.05) is 45.0 Å². The molecule has 142 valence electrons. The lowest BCUT2D eigenvalue weighted by Crippen LogP contribution is -2.24. The zero-order chi connectivity index (χ0) is 19.7. The molecule has 0 fully saturated rings. The Balaban J connectivity index is 1.73. The van der Waals surface area contributed by atoms with Crippen LogP contribution in [0.4, 0.5) is 0 Å². The maximum absolute atomic E-state index is 13.0. The van der Waals surface area contributed by atoms with Gasteiger partial charge in [-0.3, -0.25) is 9.78 Å². The van der Waals surface area contributed by atoms with Crippen LogP contribution in [0, 0.1) is 6.92 Å². The fraction of sp³-hybridized carbons (Fsp3) is 0.238. The molecule has 0 aliphatic heterocycles. The molecule has 4 heterocycles. The molecule has 1 N–H and O–H groups in total. The number of carbonyl (C=O) groups is 1. The van der Waals surface area contributed by atoms with Gasteiger partial charge in [-0.15, -0.1) is 0 Å². The smallest absolute Gasteiger partial charge is 0.252 e. The van der Waals surface area contributed by atoms with E-state index in [0.29, 0.717) is 34.6 Å². The first kappa shape index (κ1) is 17.9. The Labute approximate surface area is 162 Å². The normalized spacial score (nSPS) is 11.3. The number of hydrogen-bond acceptors (Lipinski definition) is 5. The summed E-state index contributed by atoms with van der Waals surface area (Å²) in [5.41, 5.74) is 3.48. The maximum atomic E-state index is 13.0. The highest BCUT2D eigenvalue weighted by molar-refractivity contribution is 6.06. The standard InChI is InChI=1S/C21H21N5O2/c1-13(2)26-20-17(12-23-26)16(10-18(25-20)19-8-5-9-28-19)21(27)22-11-15-7-4-6-14(3)24-15/h4-10,12-13H,11H2,1-3H3,(H,22,27). The fourth-order valence-corrected chi connectivity index (χ4v) is 3.10. The van der Waals surface area contributed by atoms with Crippen LogP contribution in [0.15, 0.2) is 53.3 Å². The van der Waals surface area contributed by atoms with Crippen molar-refractivity contribution in [2.45, 2.75) is 33.4 Å². The number of rotatable bonds is 5. The minimum atomic E-state index is -0.202. The number of hydrogen-bond donors (Lipinski definition) is 1. The molecule has 7 nitrogen and oxygen atoms in total. The number of nitrogens with one attached hydrogen (secondary N) is 1. The van der Waals surface area contributed by atoms with E-state index in [0.717, 1.165) is 11.4 Å². The van der Waals surface area contributed by atoms with Gasteiger partial charge in [-0.2, -0.15) is 5.10 Å². The summed E-state index contributed by atoms with van der Waals surface area (Å²) in [7, 11) is 0. The first-order chi connectivity index (χ1) is 13.5. The van der Waals surface area contributed by atoms with Crippen molar-refractivity contribution in [2.24, 2.45) is 0 Å². The summed E-state index contributed by atoms with van der Waals surface area (Å²) in [5.74, 6) is 0.402. The lowest BCUT2D eigenvalue weighted by atomic mass is 10.1. The Kier molecular flexibility index (Phi) is 4.65. The molecular weight excluding hydrogens is 354 g/mol. The van der Waals surface area contributed by atoms with Gasteiger partial charge in [0.1, 0.15) is 5.69 Å². The van der Waals surface area contributed by atoms with E-state index in [4.69, 9.17) is 4.42 Å². The quantitative estimate of drug-likeness (QED) is 0.572. The number of carbonyl (C=O) groups excluding carboxylic acids is 1. The number of amides is 1. The Morgan fingerprint density at radius 2 is 2.07 bits per heavy atom. The molecule has 0 atom stereocenters. The summed E-state index contributed by atoms with van der Waals surface area (Å²) < 4.78 is 7.29. The topological polar surface area (TPSA) is 85.8 Å². The van der Waals surface area contributed by atoms with Crippen LogP contribution in [0.3, 0.4) is 0 Å². The highest BCUT2D eigenvalue weighted by Gasteiger charge is 2.19. The molecule has 4 aromatic heterocycles. The molecule has 0 saturated carbocycles. The van der Waals surface area contributed by atoms with Gasteiger partial charge < -0.3 is 9.73 Å². The molecule has 0 aliphatic carbocycles. The van der Waals surface area contributed by atoms with Crippen LogP contribution in [0.25, 0.3) is 22.5 Å². The summed E-state index contributed by atoms with van der Waals surface area (Å²) in [4.78, 5) is 22.1. The van der Waals surface area contributed by atoms with Crippen LogP contribution in [0.2, 0.25) is 0 Å². The van der Waals surface area contributed by atoms with Crippen LogP contribution >= 0.6 is 0 Å². The van der Waals surface area contributed by atoms with Crippen molar-refractivity contribution in [3.8, 4) is 11.5 Å². The van der Waals surface area contributed by atoms with Crippen molar-refractivity contribution in [3.05, 3.63) is 65.8 Å². The van der Waals surface area contributed by atoms with E-state index >= 15 is 0 Å². The minimum absolute atomic E-state index is 0.115. The zero-order valence-corrected chi connectivity index (χ0v) is 16.0. The highest BCUT2D eigenvalue weighted by Crippen LogP contribution is 2.26. The second kappa shape index (κ2) is 7.26. The van der Waals surface area contributed by atoms with Gasteiger partial charge in [0.05, 0.1) is 35.6 Å². The minimum Gasteiger partial charge on any atom is -0.463 e. The largest absolute Gasteiger partial charge is 0.463 e. The average Bonchev–Trinajstić information content (AvgIpc) is 3.35. The van der Waals surface area contributed by atoms with Crippen molar-refractivity contribution in [1.82, 2.24) is 25.1 Å². The van der Waals surface area contributed by atoms with Crippen molar-refractivity contribution < 1.29 is 9.21 Å². The van der Waals surface area contributed by atoms with E-state index in [1.54, 1.807) is 29.3 Å². The Morgan fingerprint density at radius 3 is 2.79 bits per heavy atom. The molecular formula is C21H21N5O2. The van der Waals surface area contributed by atoms with Gasteiger partial charge in [-0.05, 0) is 51.1 Å². The van der Waals surface area contributed by atoms with E-state index < -0.39 is 0 Å². The number of aryl methyl sites for hydroxylation is 1. The van der Waals surface area contributed by atoms with Crippen LogP contribution in [0.5, 0.6) is 0 Å². The van der Waals surface area contributed by atoms with Gasteiger partial charge in [0, 0.05) is 11.7 Å². The van der Waals surface area contributed by atoms with Gasteiger partial charge in [0.15, 0.2) is 11.4 Å². The predicted octanol–water partition coefficient (Wildman–Crippen LogP) is 3.91. The van der Waals surface area contributed by atoms with Crippen molar-refractivity contribution in [2.75, 3.05) is 0 Å². The van der Waals surface area contributed by atoms with Gasteiger partial charge in [0.25, 0.3) is 5.91 Å². The van der Waals surface area contributed by atoms with Crippen molar-refractivity contribution >= 4 is 16.9 Å². The summed E-state index contributed by atoms with van der Waals surface area (Å²) in [6, 6.07) is 11.2. The summed E-state index contributed by atoms with van der Waals surface area (Å²) in [6.45, 7) is 6.32. The second-order valence-corrected chi connectivity index (χ2v) is 6.91. The molecule has 0 saturated heterocycles. The Bertz CT molecular complexity index is 1130. The molecule has 0 bridgehead atoms. The van der Waals surface area contributed by atoms with E-state index in [1.165, 1.54) is 0 Å². The van der Waals surface area contributed by atoms with Crippen molar-refractivity contribution in [1.29, 1.82) is 0 Å². The molecule has 1 amide bonds. The Hall–Kier alpha value is -3.48. The van der Waals surface area contributed by atoms with Gasteiger partial charge >= 0.3 is 0 Å². The number of aromatic nitrogens is 4. The molecule has 0 spiro atoms. The van der Waals surface area contributed by atoms with Gasteiger partial charge in [-0.25, -0.2) is 9.67 Å². The Morgan fingerprint density at radius 1 is 1.21 bits per heavy atom. The molecule has 0 radical (unpaired) electrons. The highest BCUT2D eigenvalue weighted by atomic mass is 16.3. The molecule has 0 unspecified atom stereocenters. The van der Waals surface area contributed by atoms with E-state index in [2.05, 4.69) is 20.4 Å². The predicted molar refractivity (Wildman–Crippen MR) is 106 cm³/mol. The molecule has 0 aromatic carbocycles. The first-order valence-corrected chi connectivity index (χ1v) is 9.16. The van der Waals surface area contributed by atoms with Gasteiger partial charge in [-0.1, -0.05) is 6.07 Å². The third-order valence-electron chi connectivity index (χ3n) is 4.45. The lowest BCUT2D eigenvalue weighted by Gasteiger charge is -2.10. The maximum Gasteiger partial charge on any atom is 0.252 e. The van der Waals surface area contributed by atoms with Crippen LogP contribution in [-0.4, -0.2) is 25.7 Å². The lowest BCUT2D eigenvalue weighted by molar-refractivity contribution is 0.0952. The summed E-state index contributed by atoms with van der Waals surface area (Å²) in [6.07, 6.45) is 3.28. The molecule has 4 aromatic rings. The monoisotopic (exact) mass is 375 g/mol. The van der Waals surface area contributed by atoms with Crippen LogP contribution in [-0.2, 0) is 6.54 Å². The molecule has 4 rings (SSSR count). The number of furan rings is 1. The second-order valence-electron chi connectivity index (χ2n) is 6.91. The number of nitrogens with zero attached hydrogens (tertiary/aromatic N) is 4.